The van der Waals surface area contributed by atoms with E-state index in [0.29, 0.717) is 19.2 Å². The minimum atomic E-state index is -0.0614. The van der Waals surface area contributed by atoms with Crippen LogP contribution in [-0.2, 0) is 4.74 Å². The zero-order valence-corrected chi connectivity index (χ0v) is 9.67. The lowest BCUT2D eigenvalue weighted by Gasteiger charge is -2.39. The monoisotopic (exact) mass is 216 g/mol. The molecule has 2 unspecified atom stereocenters. The number of ether oxygens (including phenoxy) is 1. The normalized spacial score (nSPS) is 29.0. The van der Waals surface area contributed by atoms with Crippen molar-refractivity contribution < 1.29 is 9.84 Å². The van der Waals surface area contributed by atoms with E-state index in [1.165, 1.54) is 0 Å². The minimum absolute atomic E-state index is 0.0614. The highest BCUT2D eigenvalue weighted by Crippen LogP contribution is 2.19. The quantitative estimate of drug-likeness (QED) is 0.595. The van der Waals surface area contributed by atoms with Crippen molar-refractivity contribution in [2.45, 2.75) is 44.2 Å². The van der Waals surface area contributed by atoms with E-state index in [2.05, 4.69) is 12.2 Å². The van der Waals surface area contributed by atoms with Gasteiger partial charge < -0.3 is 20.9 Å². The van der Waals surface area contributed by atoms with Crippen LogP contribution < -0.4 is 11.1 Å². The van der Waals surface area contributed by atoms with Crippen molar-refractivity contribution in [1.82, 2.24) is 5.32 Å². The topological polar surface area (TPSA) is 67.5 Å². The van der Waals surface area contributed by atoms with Gasteiger partial charge in [-0.1, -0.05) is 6.92 Å². The fraction of sp³-hybridized carbons (Fsp3) is 1.00. The van der Waals surface area contributed by atoms with Crippen LogP contribution in [0.25, 0.3) is 0 Å². The second-order valence-corrected chi connectivity index (χ2v) is 4.40. The van der Waals surface area contributed by atoms with E-state index in [4.69, 9.17) is 15.6 Å². The lowest BCUT2D eigenvalue weighted by Crippen LogP contribution is -2.59. The van der Waals surface area contributed by atoms with E-state index >= 15 is 0 Å². The smallest absolute Gasteiger partial charge is 0.0660 e. The first-order valence-electron chi connectivity index (χ1n) is 5.92. The number of aliphatic hydroxyl groups excluding tert-OH is 1. The highest BCUT2D eigenvalue weighted by Gasteiger charge is 2.32. The molecule has 0 radical (unpaired) electrons. The predicted octanol–water partition coefficient (Wildman–Crippen LogP) is 0.245. The van der Waals surface area contributed by atoms with E-state index in [0.717, 1.165) is 32.3 Å². The molecule has 0 saturated carbocycles. The summed E-state index contributed by atoms with van der Waals surface area (Å²) < 4.78 is 5.49. The lowest BCUT2D eigenvalue weighted by atomic mass is 9.90. The van der Waals surface area contributed by atoms with E-state index in [9.17, 15) is 0 Å². The highest BCUT2D eigenvalue weighted by molar-refractivity contribution is 4.93. The van der Waals surface area contributed by atoms with E-state index in [1.807, 2.05) is 0 Å². The lowest BCUT2D eigenvalue weighted by molar-refractivity contribution is 0.0167. The van der Waals surface area contributed by atoms with Gasteiger partial charge in [-0.3, -0.25) is 0 Å². The van der Waals surface area contributed by atoms with Gasteiger partial charge in [-0.15, -0.1) is 0 Å². The summed E-state index contributed by atoms with van der Waals surface area (Å²) in [5.74, 6) is 0. The van der Waals surface area contributed by atoms with Gasteiger partial charge in [-0.2, -0.15) is 0 Å². The Morgan fingerprint density at radius 2 is 2.40 bits per heavy atom. The maximum absolute atomic E-state index is 8.95. The first-order chi connectivity index (χ1) is 7.26. The zero-order chi connectivity index (χ0) is 11.1. The standard InChI is InChI=1S/C11H24N2O2/c1-2-10(4-6-14)13-11(8-12)5-3-7-15-9-11/h10,13-14H,2-9,12H2,1H3. The molecule has 0 bridgehead atoms. The molecule has 1 fully saturated rings. The molecule has 0 spiro atoms. The van der Waals surface area contributed by atoms with E-state index in [-0.39, 0.29) is 12.1 Å². The fourth-order valence-electron chi connectivity index (χ4n) is 2.15. The van der Waals surface area contributed by atoms with Crippen LogP contribution in [0.5, 0.6) is 0 Å². The summed E-state index contributed by atoms with van der Waals surface area (Å²) in [5, 5.41) is 12.5. The molecule has 1 aliphatic rings. The average Bonchev–Trinajstić information content (AvgIpc) is 2.30. The van der Waals surface area contributed by atoms with Gasteiger partial charge in [0.25, 0.3) is 0 Å². The second-order valence-electron chi connectivity index (χ2n) is 4.40. The van der Waals surface area contributed by atoms with E-state index < -0.39 is 0 Å². The van der Waals surface area contributed by atoms with Crippen molar-refractivity contribution in [3.63, 3.8) is 0 Å². The molecule has 1 heterocycles. The first-order valence-corrected chi connectivity index (χ1v) is 5.92. The van der Waals surface area contributed by atoms with Crippen LogP contribution in [0.4, 0.5) is 0 Å². The molecule has 0 amide bonds. The van der Waals surface area contributed by atoms with Crippen LogP contribution in [0, 0.1) is 0 Å². The molecule has 0 aromatic carbocycles. The molecule has 1 saturated heterocycles. The first kappa shape index (κ1) is 12.9. The molecule has 1 aliphatic heterocycles. The molecule has 4 N–H and O–H groups in total. The molecule has 4 nitrogen and oxygen atoms in total. The molecular weight excluding hydrogens is 192 g/mol. The largest absolute Gasteiger partial charge is 0.396 e. The van der Waals surface area contributed by atoms with Gasteiger partial charge in [-0.25, -0.2) is 0 Å². The van der Waals surface area contributed by atoms with Crippen LogP contribution in [0.3, 0.4) is 0 Å². The SMILES string of the molecule is CCC(CCO)NC1(CN)CCCOC1. The van der Waals surface area contributed by atoms with Crippen LogP contribution in [0.2, 0.25) is 0 Å². The van der Waals surface area contributed by atoms with Crippen LogP contribution in [0.15, 0.2) is 0 Å². The maximum atomic E-state index is 8.95. The molecular formula is C11H24N2O2. The Morgan fingerprint density at radius 3 is 2.87 bits per heavy atom. The summed E-state index contributed by atoms with van der Waals surface area (Å²) in [4.78, 5) is 0. The Morgan fingerprint density at radius 1 is 1.60 bits per heavy atom. The Balaban J connectivity index is 2.49. The molecule has 15 heavy (non-hydrogen) atoms. The molecule has 0 aromatic rings. The summed E-state index contributed by atoms with van der Waals surface area (Å²) in [6.07, 6.45) is 3.95. The second kappa shape index (κ2) is 6.43. The number of rotatable bonds is 6. The van der Waals surface area contributed by atoms with Gasteiger partial charge in [0, 0.05) is 25.8 Å². The van der Waals surface area contributed by atoms with Gasteiger partial charge in [-0.05, 0) is 25.7 Å². The Kier molecular flexibility index (Phi) is 5.53. The van der Waals surface area contributed by atoms with Crippen molar-refractivity contribution in [3.8, 4) is 0 Å². The molecule has 1 rings (SSSR count). The van der Waals surface area contributed by atoms with E-state index in [1.54, 1.807) is 0 Å². The number of aliphatic hydroxyl groups is 1. The van der Waals surface area contributed by atoms with Gasteiger partial charge in [0.05, 0.1) is 12.1 Å². The van der Waals surface area contributed by atoms with Gasteiger partial charge in [0.2, 0.25) is 0 Å². The van der Waals surface area contributed by atoms with Crippen molar-refractivity contribution >= 4 is 0 Å². The van der Waals surface area contributed by atoms with Crippen molar-refractivity contribution in [2.75, 3.05) is 26.4 Å². The van der Waals surface area contributed by atoms with Crippen molar-refractivity contribution in [3.05, 3.63) is 0 Å². The molecule has 0 aromatic heterocycles. The number of hydrogen-bond acceptors (Lipinski definition) is 4. The number of nitrogens with two attached hydrogens (primary N) is 1. The molecule has 90 valence electrons. The van der Waals surface area contributed by atoms with Gasteiger partial charge in [0.1, 0.15) is 0 Å². The summed E-state index contributed by atoms with van der Waals surface area (Å²) in [6.45, 7) is 4.51. The maximum Gasteiger partial charge on any atom is 0.0660 e. The third-order valence-electron chi connectivity index (χ3n) is 3.19. The van der Waals surface area contributed by atoms with Crippen LogP contribution in [-0.4, -0.2) is 43.1 Å². The highest BCUT2D eigenvalue weighted by atomic mass is 16.5. The van der Waals surface area contributed by atoms with Gasteiger partial charge in [0.15, 0.2) is 0 Å². The summed E-state index contributed by atoms with van der Waals surface area (Å²) in [6, 6.07) is 0.347. The number of hydrogen-bond donors (Lipinski definition) is 3. The third-order valence-corrected chi connectivity index (χ3v) is 3.19. The van der Waals surface area contributed by atoms with Crippen molar-refractivity contribution in [2.24, 2.45) is 5.73 Å². The Bertz CT molecular complexity index is 170. The summed E-state index contributed by atoms with van der Waals surface area (Å²) in [7, 11) is 0. The van der Waals surface area contributed by atoms with Crippen LogP contribution in [0.1, 0.15) is 32.6 Å². The Hall–Kier alpha value is -0.160. The number of nitrogens with one attached hydrogen (secondary N) is 1. The molecule has 2 atom stereocenters. The van der Waals surface area contributed by atoms with Gasteiger partial charge >= 0.3 is 0 Å². The van der Waals surface area contributed by atoms with Crippen LogP contribution >= 0.6 is 0 Å². The third kappa shape index (κ3) is 3.72. The minimum Gasteiger partial charge on any atom is -0.396 e. The molecule has 0 aliphatic carbocycles. The molecule has 4 heteroatoms. The average molecular weight is 216 g/mol. The summed E-state index contributed by atoms with van der Waals surface area (Å²) in [5.41, 5.74) is 5.77. The fourth-order valence-corrected chi connectivity index (χ4v) is 2.15. The predicted molar refractivity (Wildman–Crippen MR) is 60.8 cm³/mol. The zero-order valence-electron chi connectivity index (χ0n) is 9.67. The van der Waals surface area contributed by atoms with Crippen molar-refractivity contribution in [1.29, 1.82) is 0 Å². The Labute approximate surface area is 92.2 Å². The summed E-state index contributed by atoms with van der Waals surface area (Å²) >= 11 is 0.